The Balaban J connectivity index is 1.77. The number of likely N-dealkylation sites (tertiary alicyclic amines) is 1. The van der Waals surface area contributed by atoms with E-state index in [1.54, 1.807) is 0 Å². The monoisotopic (exact) mass is 302 g/mol. The van der Waals surface area contributed by atoms with Crippen molar-refractivity contribution in [2.24, 2.45) is 11.8 Å². The van der Waals surface area contributed by atoms with Crippen molar-refractivity contribution < 1.29 is 9.59 Å². The maximum atomic E-state index is 12.2. The molecule has 1 heterocycles. The van der Waals surface area contributed by atoms with Gasteiger partial charge in [0.1, 0.15) is 0 Å². The summed E-state index contributed by atoms with van der Waals surface area (Å²) in [6.07, 6.45) is 1.52. The second-order valence-corrected chi connectivity index (χ2v) is 6.62. The Hall–Kier alpha value is -1.84. The first-order valence-electron chi connectivity index (χ1n) is 8.08. The number of nitrogens with one attached hydrogen (secondary N) is 1. The summed E-state index contributed by atoms with van der Waals surface area (Å²) in [4.78, 5) is 26.1. The highest BCUT2D eigenvalue weighted by atomic mass is 16.2. The fourth-order valence-electron chi connectivity index (χ4n) is 3.11. The third kappa shape index (κ3) is 4.58. The fraction of sp³-hybridized carbons (Fsp3) is 0.556. The summed E-state index contributed by atoms with van der Waals surface area (Å²) in [5, 5.41) is 2.87. The van der Waals surface area contributed by atoms with E-state index >= 15 is 0 Å². The summed E-state index contributed by atoms with van der Waals surface area (Å²) in [6, 6.07) is 7.50. The molecule has 0 aliphatic carbocycles. The molecule has 4 heteroatoms. The molecule has 2 unspecified atom stereocenters. The van der Waals surface area contributed by atoms with Crippen molar-refractivity contribution >= 4 is 11.8 Å². The zero-order valence-electron chi connectivity index (χ0n) is 13.8. The third-order valence-corrected chi connectivity index (χ3v) is 4.16. The lowest BCUT2D eigenvalue weighted by Crippen LogP contribution is -2.47. The number of piperidine rings is 1. The summed E-state index contributed by atoms with van der Waals surface area (Å²) in [5.74, 6) is 1.16. The minimum absolute atomic E-state index is 0.0462. The van der Waals surface area contributed by atoms with Gasteiger partial charge in [0.2, 0.25) is 0 Å². The topological polar surface area (TPSA) is 49.4 Å². The lowest BCUT2D eigenvalue weighted by molar-refractivity contribution is 0.0981. The quantitative estimate of drug-likeness (QED) is 0.868. The number of urea groups is 1. The first-order chi connectivity index (χ1) is 10.5. The molecule has 0 radical (unpaired) electrons. The summed E-state index contributed by atoms with van der Waals surface area (Å²) < 4.78 is 0. The Morgan fingerprint density at radius 3 is 2.32 bits per heavy atom. The van der Waals surface area contributed by atoms with Crippen LogP contribution in [0.25, 0.3) is 0 Å². The Morgan fingerprint density at radius 2 is 1.73 bits per heavy atom. The minimum atomic E-state index is -0.0462. The van der Waals surface area contributed by atoms with Gasteiger partial charge in [0.15, 0.2) is 5.78 Å². The second kappa shape index (κ2) is 7.43. The SMILES string of the molecule is Cc1ccc(C(=O)CCNC(=O)N2CC(C)CC(C)C2)cc1. The van der Waals surface area contributed by atoms with E-state index in [1.807, 2.05) is 36.1 Å². The number of nitrogens with zero attached hydrogens (tertiary/aromatic N) is 1. The molecule has 0 saturated carbocycles. The van der Waals surface area contributed by atoms with Crippen LogP contribution < -0.4 is 5.32 Å². The average Bonchev–Trinajstić information content (AvgIpc) is 2.46. The number of benzene rings is 1. The van der Waals surface area contributed by atoms with Crippen molar-refractivity contribution in [3.05, 3.63) is 35.4 Å². The molecular weight excluding hydrogens is 276 g/mol. The van der Waals surface area contributed by atoms with Crippen molar-refractivity contribution in [1.82, 2.24) is 10.2 Å². The summed E-state index contributed by atoms with van der Waals surface area (Å²) in [5.41, 5.74) is 1.85. The van der Waals surface area contributed by atoms with Crippen LogP contribution in [0, 0.1) is 18.8 Å². The normalized spacial score (nSPS) is 21.5. The number of Topliss-reactive ketones (excluding diaryl/α,β-unsaturated/α-hetero) is 1. The van der Waals surface area contributed by atoms with E-state index in [-0.39, 0.29) is 11.8 Å². The fourth-order valence-corrected chi connectivity index (χ4v) is 3.11. The minimum Gasteiger partial charge on any atom is -0.338 e. The predicted molar refractivity (Wildman–Crippen MR) is 88.0 cm³/mol. The number of aryl methyl sites for hydroxylation is 1. The molecule has 2 amide bonds. The summed E-state index contributed by atoms with van der Waals surface area (Å²) in [7, 11) is 0. The van der Waals surface area contributed by atoms with E-state index in [0.717, 1.165) is 18.7 Å². The van der Waals surface area contributed by atoms with Gasteiger partial charge in [-0.1, -0.05) is 43.7 Å². The first-order valence-corrected chi connectivity index (χ1v) is 8.08. The molecule has 4 nitrogen and oxygen atoms in total. The van der Waals surface area contributed by atoms with Crippen molar-refractivity contribution in [3.63, 3.8) is 0 Å². The number of rotatable bonds is 4. The van der Waals surface area contributed by atoms with Crippen molar-refractivity contribution in [3.8, 4) is 0 Å². The van der Waals surface area contributed by atoms with Crippen LogP contribution in [-0.4, -0.2) is 36.3 Å². The van der Waals surface area contributed by atoms with Gasteiger partial charge in [-0.05, 0) is 25.2 Å². The molecule has 1 fully saturated rings. The van der Waals surface area contributed by atoms with E-state index in [1.165, 1.54) is 6.42 Å². The van der Waals surface area contributed by atoms with Gasteiger partial charge >= 0.3 is 6.03 Å². The van der Waals surface area contributed by atoms with Gasteiger partial charge in [-0.25, -0.2) is 4.79 Å². The van der Waals surface area contributed by atoms with Gasteiger partial charge < -0.3 is 10.2 Å². The van der Waals surface area contributed by atoms with Crippen LogP contribution in [-0.2, 0) is 0 Å². The van der Waals surface area contributed by atoms with Gasteiger partial charge in [0.25, 0.3) is 0 Å². The number of hydrogen-bond donors (Lipinski definition) is 1. The predicted octanol–water partition coefficient (Wildman–Crippen LogP) is 3.26. The van der Waals surface area contributed by atoms with Gasteiger partial charge in [0.05, 0.1) is 0 Å². The molecule has 2 atom stereocenters. The molecular formula is C18H26N2O2. The molecule has 0 aromatic heterocycles. The molecule has 1 aliphatic rings. The first kappa shape index (κ1) is 16.5. The number of hydrogen-bond acceptors (Lipinski definition) is 2. The molecule has 1 aliphatic heterocycles. The maximum Gasteiger partial charge on any atom is 0.317 e. The summed E-state index contributed by atoms with van der Waals surface area (Å²) in [6.45, 7) is 8.36. The van der Waals surface area contributed by atoms with Crippen LogP contribution in [0.5, 0.6) is 0 Å². The van der Waals surface area contributed by atoms with Gasteiger partial charge in [-0.15, -0.1) is 0 Å². The number of ketones is 1. The molecule has 0 spiro atoms. The lowest BCUT2D eigenvalue weighted by atomic mass is 9.92. The van der Waals surface area contributed by atoms with Crippen LogP contribution in [0.3, 0.4) is 0 Å². The maximum absolute atomic E-state index is 12.2. The van der Waals surface area contributed by atoms with Crippen molar-refractivity contribution in [2.45, 2.75) is 33.6 Å². The van der Waals surface area contributed by atoms with Gasteiger partial charge in [0, 0.05) is 31.6 Å². The van der Waals surface area contributed by atoms with Gasteiger partial charge in [-0.2, -0.15) is 0 Å². The van der Waals surface area contributed by atoms with Crippen LogP contribution in [0.15, 0.2) is 24.3 Å². The smallest absolute Gasteiger partial charge is 0.317 e. The lowest BCUT2D eigenvalue weighted by Gasteiger charge is -2.34. The van der Waals surface area contributed by atoms with E-state index in [4.69, 9.17) is 0 Å². The van der Waals surface area contributed by atoms with Crippen LogP contribution in [0.2, 0.25) is 0 Å². The van der Waals surface area contributed by atoms with Gasteiger partial charge in [-0.3, -0.25) is 4.79 Å². The number of carbonyl (C=O) groups is 2. The highest BCUT2D eigenvalue weighted by Gasteiger charge is 2.25. The Bertz CT molecular complexity index is 514. The van der Waals surface area contributed by atoms with Crippen LogP contribution in [0.1, 0.15) is 42.6 Å². The van der Waals surface area contributed by atoms with Crippen LogP contribution in [0.4, 0.5) is 4.79 Å². The molecule has 22 heavy (non-hydrogen) atoms. The molecule has 1 saturated heterocycles. The van der Waals surface area contributed by atoms with Crippen LogP contribution >= 0.6 is 0 Å². The third-order valence-electron chi connectivity index (χ3n) is 4.16. The standard InChI is InChI=1S/C18H26N2O2/c1-13-4-6-16(7-5-13)17(21)8-9-19-18(22)20-11-14(2)10-15(3)12-20/h4-7,14-15H,8-12H2,1-3H3,(H,19,22). The average molecular weight is 302 g/mol. The number of amides is 2. The van der Waals surface area contributed by atoms with Crippen molar-refractivity contribution in [2.75, 3.05) is 19.6 Å². The Kier molecular flexibility index (Phi) is 5.58. The molecule has 0 bridgehead atoms. The van der Waals surface area contributed by atoms with E-state index in [2.05, 4.69) is 19.2 Å². The second-order valence-electron chi connectivity index (χ2n) is 6.62. The van der Waals surface area contributed by atoms with Crippen molar-refractivity contribution in [1.29, 1.82) is 0 Å². The zero-order chi connectivity index (χ0) is 16.1. The highest BCUT2D eigenvalue weighted by Crippen LogP contribution is 2.20. The Morgan fingerprint density at radius 1 is 1.14 bits per heavy atom. The molecule has 2 rings (SSSR count). The Labute approximate surface area is 132 Å². The molecule has 1 N–H and O–H groups in total. The number of carbonyl (C=O) groups excluding carboxylic acids is 2. The van der Waals surface area contributed by atoms with E-state index in [9.17, 15) is 9.59 Å². The zero-order valence-corrected chi connectivity index (χ0v) is 13.8. The highest BCUT2D eigenvalue weighted by molar-refractivity contribution is 5.96. The largest absolute Gasteiger partial charge is 0.338 e. The molecule has 1 aromatic rings. The summed E-state index contributed by atoms with van der Waals surface area (Å²) >= 11 is 0. The molecule has 120 valence electrons. The van der Waals surface area contributed by atoms with E-state index in [0.29, 0.717) is 30.4 Å². The molecule has 1 aromatic carbocycles. The van der Waals surface area contributed by atoms with E-state index < -0.39 is 0 Å².